The van der Waals surface area contributed by atoms with Crippen molar-refractivity contribution >= 4 is 45.6 Å². The molecule has 0 aromatic heterocycles. The Morgan fingerprint density at radius 1 is 1.11 bits per heavy atom. The van der Waals surface area contributed by atoms with Gasteiger partial charge in [0.1, 0.15) is 0 Å². The molecule has 18 heavy (non-hydrogen) atoms. The van der Waals surface area contributed by atoms with Crippen LogP contribution in [0.25, 0.3) is 0 Å². The maximum absolute atomic E-state index is 11.4. The molecule has 5 N–H and O–H groups in total. The number of nitrogen functional groups attached to an aromatic ring is 1. The van der Waals surface area contributed by atoms with E-state index in [4.69, 9.17) is 11.5 Å². The molecule has 0 aliphatic rings. The Hall–Kier alpha value is -1.76. The van der Waals surface area contributed by atoms with Gasteiger partial charge in [0.05, 0.1) is 22.6 Å². The van der Waals surface area contributed by atoms with Crippen LogP contribution in [-0.4, -0.2) is 5.91 Å². The fraction of sp³-hybridized carbons (Fsp3) is 0. The van der Waals surface area contributed by atoms with E-state index in [0.717, 1.165) is 9.26 Å². The van der Waals surface area contributed by atoms with Crippen LogP contribution in [0.15, 0.2) is 42.5 Å². The third kappa shape index (κ3) is 2.56. The van der Waals surface area contributed by atoms with Crippen molar-refractivity contribution in [2.45, 2.75) is 0 Å². The molecule has 0 aliphatic carbocycles. The van der Waals surface area contributed by atoms with E-state index in [9.17, 15) is 4.79 Å². The largest absolute Gasteiger partial charge is 0.397 e. The van der Waals surface area contributed by atoms with Gasteiger partial charge in [-0.25, -0.2) is 0 Å². The van der Waals surface area contributed by atoms with Crippen molar-refractivity contribution in [3.05, 3.63) is 51.6 Å². The molecule has 2 aromatic rings. The minimum atomic E-state index is -0.504. The van der Waals surface area contributed by atoms with Crippen LogP contribution in [0, 0.1) is 3.57 Å². The van der Waals surface area contributed by atoms with Gasteiger partial charge in [-0.05, 0) is 46.9 Å². The van der Waals surface area contributed by atoms with E-state index in [1.54, 1.807) is 18.2 Å². The topological polar surface area (TPSA) is 81.1 Å². The lowest BCUT2D eigenvalue weighted by Crippen LogP contribution is -2.14. The van der Waals surface area contributed by atoms with Gasteiger partial charge in [0.15, 0.2) is 0 Å². The Balaban J connectivity index is 2.46. The van der Waals surface area contributed by atoms with Crippen molar-refractivity contribution in [1.29, 1.82) is 0 Å². The highest BCUT2D eigenvalue weighted by Crippen LogP contribution is 2.29. The van der Waals surface area contributed by atoms with Gasteiger partial charge in [0, 0.05) is 3.57 Å². The van der Waals surface area contributed by atoms with Crippen molar-refractivity contribution in [2.75, 3.05) is 11.1 Å². The number of rotatable bonds is 3. The lowest BCUT2D eigenvalue weighted by Gasteiger charge is -2.13. The number of primary amides is 1. The third-order valence-electron chi connectivity index (χ3n) is 2.50. The summed E-state index contributed by atoms with van der Waals surface area (Å²) >= 11 is 2.21. The van der Waals surface area contributed by atoms with Crippen LogP contribution >= 0.6 is 22.6 Å². The Kier molecular flexibility index (Phi) is 3.71. The molecule has 0 unspecified atom stereocenters. The molecular formula is C13H12IN3O. The highest BCUT2D eigenvalue weighted by molar-refractivity contribution is 14.1. The first-order valence-corrected chi connectivity index (χ1v) is 6.37. The number of anilines is 3. The quantitative estimate of drug-likeness (QED) is 0.586. The minimum absolute atomic E-state index is 0.384. The molecule has 2 rings (SSSR count). The summed E-state index contributed by atoms with van der Waals surface area (Å²) in [5.74, 6) is -0.504. The number of amides is 1. The number of halogens is 1. The molecule has 0 fully saturated rings. The average molecular weight is 353 g/mol. The van der Waals surface area contributed by atoms with Crippen LogP contribution in [0.3, 0.4) is 0 Å². The molecule has 5 heteroatoms. The summed E-state index contributed by atoms with van der Waals surface area (Å²) in [7, 11) is 0. The Morgan fingerprint density at radius 3 is 2.50 bits per heavy atom. The summed E-state index contributed by atoms with van der Waals surface area (Å²) in [4.78, 5) is 11.4. The number of carbonyl (C=O) groups excluding carboxylic acids is 1. The SMILES string of the molecule is NC(=O)c1cccc(N)c1Nc1ccccc1I. The Morgan fingerprint density at radius 2 is 1.83 bits per heavy atom. The second-order valence-corrected chi connectivity index (χ2v) is 4.90. The van der Waals surface area contributed by atoms with Crippen LogP contribution < -0.4 is 16.8 Å². The Labute approximate surface area is 119 Å². The van der Waals surface area contributed by atoms with Gasteiger partial charge in [0.25, 0.3) is 5.91 Å². The van der Waals surface area contributed by atoms with Gasteiger partial charge < -0.3 is 16.8 Å². The summed E-state index contributed by atoms with van der Waals surface area (Å²) < 4.78 is 1.04. The van der Waals surface area contributed by atoms with Gasteiger partial charge >= 0.3 is 0 Å². The normalized spacial score (nSPS) is 10.1. The zero-order valence-corrected chi connectivity index (χ0v) is 11.6. The van der Waals surface area contributed by atoms with Crippen molar-refractivity contribution in [1.82, 2.24) is 0 Å². The smallest absolute Gasteiger partial charge is 0.250 e. The number of carbonyl (C=O) groups is 1. The summed E-state index contributed by atoms with van der Waals surface area (Å²) in [6.45, 7) is 0. The van der Waals surface area contributed by atoms with Crippen molar-refractivity contribution in [3.8, 4) is 0 Å². The zero-order valence-electron chi connectivity index (χ0n) is 9.48. The molecule has 0 saturated heterocycles. The number of nitrogens with one attached hydrogen (secondary N) is 1. The van der Waals surface area contributed by atoms with Crippen molar-refractivity contribution in [3.63, 3.8) is 0 Å². The van der Waals surface area contributed by atoms with Gasteiger partial charge in [0.2, 0.25) is 0 Å². The molecule has 0 radical (unpaired) electrons. The molecule has 0 bridgehead atoms. The van der Waals surface area contributed by atoms with Gasteiger partial charge in [-0.15, -0.1) is 0 Å². The molecule has 0 heterocycles. The van der Waals surface area contributed by atoms with Crippen LogP contribution in [0.5, 0.6) is 0 Å². The fourth-order valence-corrected chi connectivity index (χ4v) is 2.13. The first kappa shape index (κ1) is 12.7. The molecule has 1 amide bonds. The monoisotopic (exact) mass is 353 g/mol. The predicted molar refractivity (Wildman–Crippen MR) is 81.8 cm³/mol. The number of benzene rings is 2. The number of para-hydroxylation sites is 2. The summed E-state index contributed by atoms with van der Waals surface area (Å²) in [6.07, 6.45) is 0. The minimum Gasteiger partial charge on any atom is -0.397 e. The summed E-state index contributed by atoms with van der Waals surface area (Å²) in [5.41, 5.74) is 13.5. The zero-order chi connectivity index (χ0) is 13.1. The van der Waals surface area contributed by atoms with E-state index in [0.29, 0.717) is 16.9 Å². The van der Waals surface area contributed by atoms with Crippen molar-refractivity contribution < 1.29 is 4.79 Å². The standard InChI is InChI=1S/C13H12IN3O/c14-9-5-1-2-7-11(9)17-12-8(13(16)18)4-3-6-10(12)15/h1-7,17H,15H2,(H2,16,18). The molecular weight excluding hydrogens is 341 g/mol. The summed E-state index contributed by atoms with van der Waals surface area (Å²) in [5, 5.41) is 3.16. The number of nitrogens with two attached hydrogens (primary N) is 2. The highest BCUT2D eigenvalue weighted by atomic mass is 127. The average Bonchev–Trinajstić information content (AvgIpc) is 2.34. The molecule has 92 valence electrons. The van der Waals surface area contributed by atoms with Gasteiger partial charge in [-0.1, -0.05) is 18.2 Å². The van der Waals surface area contributed by atoms with E-state index >= 15 is 0 Å². The second kappa shape index (κ2) is 5.26. The van der Waals surface area contributed by atoms with Gasteiger partial charge in [-0.3, -0.25) is 4.79 Å². The molecule has 2 aromatic carbocycles. The third-order valence-corrected chi connectivity index (χ3v) is 3.44. The number of hydrogen-bond donors (Lipinski definition) is 3. The fourth-order valence-electron chi connectivity index (χ4n) is 1.61. The van der Waals surface area contributed by atoms with Crippen LogP contribution in [0.1, 0.15) is 10.4 Å². The molecule has 4 nitrogen and oxygen atoms in total. The van der Waals surface area contributed by atoms with E-state index in [1.807, 2.05) is 24.3 Å². The molecule has 0 aliphatic heterocycles. The molecule has 0 atom stereocenters. The van der Waals surface area contributed by atoms with E-state index in [1.165, 1.54) is 0 Å². The maximum Gasteiger partial charge on any atom is 0.250 e. The Bertz CT molecular complexity index is 599. The maximum atomic E-state index is 11.4. The molecule has 0 spiro atoms. The van der Waals surface area contributed by atoms with Crippen LogP contribution in [-0.2, 0) is 0 Å². The van der Waals surface area contributed by atoms with Crippen LogP contribution in [0.4, 0.5) is 17.1 Å². The highest BCUT2D eigenvalue weighted by Gasteiger charge is 2.11. The predicted octanol–water partition coefficient (Wildman–Crippen LogP) is 2.72. The first-order valence-electron chi connectivity index (χ1n) is 5.29. The van der Waals surface area contributed by atoms with Gasteiger partial charge in [-0.2, -0.15) is 0 Å². The second-order valence-electron chi connectivity index (χ2n) is 3.74. The van der Waals surface area contributed by atoms with E-state index in [-0.39, 0.29) is 0 Å². The molecule has 0 saturated carbocycles. The first-order chi connectivity index (χ1) is 8.59. The van der Waals surface area contributed by atoms with E-state index < -0.39 is 5.91 Å². The number of hydrogen-bond acceptors (Lipinski definition) is 3. The lowest BCUT2D eigenvalue weighted by atomic mass is 10.1. The van der Waals surface area contributed by atoms with Crippen LogP contribution in [0.2, 0.25) is 0 Å². The summed E-state index contributed by atoms with van der Waals surface area (Å²) in [6, 6.07) is 12.8. The lowest BCUT2D eigenvalue weighted by molar-refractivity contribution is 0.100. The van der Waals surface area contributed by atoms with Crippen molar-refractivity contribution in [2.24, 2.45) is 5.73 Å². The van der Waals surface area contributed by atoms with E-state index in [2.05, 4.69) is 27.9 Å².